The largest absolute Gasteiger partial charge is 0.459 e. The van der Waals surface area contributed by atoms with Crippen molar-refractivity contribution in [3.05, 3.63) is 68.0 Å². The molecule has 8 nitrogen and oxygen atoms in total. The number of rotatable bonds is 10. The first-order chi connectivity index (χ1) is 17.1. The number of terminal acetylenes is 1. The molecule has 1 saturated heterocycles. The molecule has 0 unspecified atom stereocenters. The number of hydrogen-bond acceptors (Lipinski definition) is 6. The van der Waals surface area contributed by atoms with Crippen LogP contribution in [0.3, 0.4) is 0 Å². The second-order valence-corrected chi connectivity index (χ2v) is 8.38. The molecule has 36 heavy (non-hydrogen) atoms. The molecule has 0 amide bonds. The molecule has 3 rings (SSSR count). The first kappa shape index (κ1) is 27.2. The molecule has 0 bridgehead atoms. The van der Waals surface area contributed by atoms with E-state index >= 15 is 0 Å². The standard InChI is InChI=1S/C25H27F3N2O6/c1-3-5-6-7-16-8-10-17(11-9-16)23(32)35-15-20-19(34-12-4-2)13-21(36-20)30-14-18(25(26,27)28)22(31)29-24(30)33/h2,8-11,14,19-21H,3,5-7,12-13,15H2,1H3,(H,29,31,33)/t19-,20+,21+/m0/s1. The number of carbonyl (C=O) groups is 1. The molecule has 2 aromatic rings. The van der Waals surface area contributed by atoms with Gasteiger partial charge < -0.3 is 14.2 Å². The van der Waals surface area contributed by atoms with Crippen LogP contribution in [0.4, 0.5) is 13.2 Å². The molecule has 1 aliphatic rings. The van der Waals surface area contributed by atoms with E-state index in [0.29, 0.717) is 16.3 Å². The third-order valence-corrected chi connectivity index (χ3v) is 5.78. The number of hydrogen-bond donors (Lipinski definition) is 1. The zero-order valence-electron chi connectivity index (χ0n) is 19.7. The normalized spacial score (nSPS) is 19.7. The number of ether oxygens (including phenoxy) is 3. The molecule has 1 aromatic heterocycles. The van der Waals surface area contributed by atoms with E-state index in [0.717, 1.165) is 31.2 Å². The summed E-state index contributed by atoms with van der Waals surface area (Å²) in [5.41, 5.74) is -2.74. The number of unbranched alkanes of at least 4 members (excludes halogenated alkanes) is 2. The topological polar surface area (TPSA) is 99.6 Å². The summed E-state index contributed by atoms with van der Waals surface area (Å²) in [6.07, 6.45) is 1.93. The Morgan fingerprint density at radius 1 is 1.25 bits per heavy atom. The lowest BCUT2D eigenvalue weighted by atomic mass is 10.1. The molecule has 1 aromatic carbocycles. The number of benzene rings is 1. The fraction of sp³-hybridized carbons (Fsp3) is 0.480. The predicted octanol–water partition coefficient (Wildman–Crippen LogP) is 3.45. The molecule has 0 radical (unpaired) electrons. The highest BCUT2D eigenvalue weighted by Gasteiger charge is 2.40. The number of aromatic nitrogens is 2. The first-order valence-corrected chi connectivity index (χ1v) is 11.5. The van der Waals surface area contributed by atoms with Crippen molar-refractivity contribution in [2.45, 2.75) is 63.6 Å². The van der Waals surface area contributed by atoms with Gasteiger partial charge >= 0.3 is 17.8 Å². The van der Waals surface area contributed by atoms with Crippen molar-refractivity contribution in [3.63, 3.8) is 0 Å². The maximum absolute atomic E-state index is 13.2. The van der Waals surface area contributed by atoms with Gasteiger partial charge in [0.1, 0.15) is 31.1 Å². The third kappa shape index (κ3) is 6.86. The van der Waals surface area contributed by atoms with Crippen LogP contribution in [0.25, 0.3) is 0 Å². The number of esters is 1. The predicted molar refractivity (Wildman–Crippen MR) is 123 cm³/mol. The van der Waals surface area contributed by atoms with Crippen LogP contribution in [0.1, 0.15) is 60.3 Å². The lowest BCUT2D eigenvalue weighted by Crippen LogP contribution is -2.36. The van der Waals surface area contributed by atoms with Crippen LogP contribution in [0.15, 0.2) is 40.1 Å². The lowest BCUT2D eigenvalue weighted by Gasteiger charge is -2.18. The molecular weight excluding hydrogens is 481 g/mol. The fourth-order valence-electron chi connectivity index (χ4n) is 3.88. The van der Waals surface area contributed by atoms with E-state index in [-0.39, 0.29) is 19.6 Å². The average Bonchev–Trinajstić information content (AvgIpc) is 3.23. The van der Waals surface area contributed by atoms with Crippen LogP contribution in [0.5, 0.6) is 0 Å². The van der Waals surface area contributed by atoms with Gasteiger partial charge in [0.25, 0.3) is 5.56 Å². The average molecular weight is 508 g/mol. The number of aryl methyl sites for hydroxylation is 1. The second-order valence-electron chi connectivity index (χ2n) is 8.38. The fourth-order valence-corrected chi connectivity index (χ4v) is 3.88. The molecule has 1 N–H and O–H groups in total. The van der Waals surface area contributed by atoms with Crippen LogP contribution < -0.4 is 11.2 Å². The summed E-state index contributed by atoms with van der Waals surface area (Å²) in [5.74, 6) is 1.67. The number of aromatic amines is 1. The molecule has 11 heteroatoms. The number of alkyl halides is 3. The van der Waals surface area contributed by atoms with Crippen molar-refractivity contribution < 1.29 is 32.2 Å². The zero-order valence-corrected chi connectivity index (χ0v) is 19.7. The van der Waals surface area contributed by atoms with Gasteiger partial charge in [-0.2, -0.15) is 13.2 Å². The van der Waals surface area contributed by atoms with Crippen molar-refractivity contribution in [3.8, 4) is 12.3 Å². The molecule has 1 aliphatic heterocycles. The summed E-state index contributed by atoms with van der Waals surface area (Å²) < 4.78 is 56.7. The van der Waals surface area contributed by atoms with E-state index in [1.54, 1.807) is 17.1 Å². The zero-order chi connectivity index (χ0) is 26.3. The third-order valence-electron chi connectivity index (χ3n) is 5.78. The Balaban J connectivity index is 1.70. The minimum atomic E-state index is -4.97. The summed E-state index contributed by atoms with van der Waals surface area (Å²) in [5, 5.41) is 0. The van der Waals surface area contributed by atoms with Gasteiger partial charge in [-0.05, 0) is 30.5 Å². The highest BCUT2D eigenvalue weighted by molar-refractivity contribution is 5.89. The lowest BCUT2D eigenvalue weighted by molar-refractivity contribution is -0.139. The maximum Gasteiger partial charge on any atom is 0.423 e. The molecule has 194 valence electrons. The van der Waals surface area contributed by atoms with Crippen molar-refractivity contribution in [1.29, 1.82) is 0 Å². The van der Waals surface area contributed by atoms with Gasteiger partial charge in [-0.25, -0.2) is 9.59 Å². The van der Waals surface area contributed by atoms with Gasteiger partial charge in [0.15, 0.2) is 0 Å². The van der Waals surface area contributed by atoms with Crippen molar-refractivity contribution in [1.82, 2.24) is 9.55 Å². The Morgan fingerprint density at radius 3 is 2.61 bits per heavy atom. The molecule has 3 atom stereocenters. The SMILES string of the molecule is C#CCO[C@H]1C[C@H](n2cc(C(F)(F)F)c(=O)[nH]c2=O)O[C@@H]1COC(=O)c1ccc(CCCCC)cc1. The molecule has 0 aliphatic carbocycles. The summed E-state index contributed by atoms with van der Waals surface area (Å²) in [6.45, 7) is 1.71. The minimum Gasteiger partial charge on any atom is -0.459 e. The number of halogens is 3. The summed E-state index contributed by atoms with van der Waals surface area (Å²) in [6, 6.07) is 7.03. The number of carbonyl (C=O) groups excluding carboxylic acids is 1. The molecular formula is C25H27F3N2O6. The molecule has 0 spiro atoms. The number of nitrogens with zero attached hydrogens (tertiary/aromatic N) is 1. The quantitative estimate of drug-likeness (QED) is 0.300. The summed E-state index contributed by atoms with van der Waals surface area (Å²) in [4.78, 5) is 38.0. The van der Waals surface area contributed by atoms with E-state index in [1.165, 1.54) is 0 Å². The van der Waals surface area contributed by atoms with Crippen LogP contribution in [-0.2, 0) is 26.8 Å². The maximum atomic E-state index is 13.2. The Kier molecular flexibility index (Phi) is 9.12. The van der Waals surface area contributed by atoms with E-state index in [9.17, 15) is 27.6 Å². The van der Waals surface area contributed by atoms with E-state index in [4.69, 9.17) is 20.6 Å². The highest BCUT2D eigenvalue weighted by Crippen LogP contribution is 2.32. The molecule has 2 heterocycles. The van der Waals surface area contributed by atoms with Crippen LogP contribution in [0, 0.1) is 12.3 Å². The monoisotopic (exact) mass is 508 g/mol. The number of H-pyrrole nitrogens is 1. The van der Waals surface area contributed by atoms with Crippen molar-refractivity contribution in [2.75, 3.05) is 13.2 Å². The van der Waals surface area contributed by atoms with Gasteiger partial charge in [-0.15, -0.1) is 6.42 Å². The van der Waals surface area contributed by atoms with Gasteiger partial charge in [-0.1, -0.05) is 37.8 Å². The van der Waals surface area contributed by atoms with Gasteiger partial charge in [-0.3, -0.25) is 14.3 Å². The molecule has 0 saturated carbocycles. The Bertz CT molecular complexity index is 1200. The summed E-state index contributed by atoms with van der Waals surface area (Å²) in [7, 11) is 0. The van der Waals surface area contributed by atoms with Crippen molar-refractivity contribution in [2.24, 2.45) is 0 Å². The second kappa shape index (κ2) is 12.1. The highest BCUT2D eigenvalue weighted by atomic mass is 19.4. The van der Waals surface area contributed by atoms with E-state index in [1.807, 2.05) is 12.1 Å². The van der Waals surface area contributed by atoms with Gasteiger partial charge in [0, 0.05) is 12.6 Å². The van der Waals surface area contributed by atoms with E-state index in [2.05, 4.69) is 12.8 Å². The smallest absolute Gasteiger partial charge is 0.423 e. The number of nitrogens with one attached hydrogen (secondary N) is 1. The van der Waals surface area contributed by atoms with Crippen LogP contribution in [-0.4, -0.2) is 40.9 Å². The Hall–Kier alpha value is -3.36. The molecule has 1 fully saturated rings. The first-order valence-electron chi connectivity index (χ1n) is 11.5. The van der Waals surface area contributed by atoms with Crippen LogP contribution >= 0.6 is 0 Å². The van der Waals surface area contributed by atoms with Gasteiger partial charge in [0.05, 0.1) is 11.7 Å². The van der Waals surface area contributed by atoms with Crippen LogP contribution in [0.2, 0.25) is 0 Å². The van der Waals surface area contributed by atoms with Crippen molar-refractivity contribution >= 4 is 5.97 Å². The van der Waals surface area contributed by atoms with Gasteiger partial charge in [0.2, 0.25) is 0 Å². The Labute approximate surface area is 205 Å². The minimum absolute atomic E-state index is 0.0560. The van der Waals surface area contributed by atoms with E-state index < -0.39 is 47.4 Å². The Morgan fingerprint density at radius 2 is 1.97 bits per heavy atom. The summed E-state index contributed by atoms with van der Waals surface area (Å²) >= 11 is 0.